The topological polar surface area (TPSA) is 79.5 Å². The number of rotatable bonds is 6. The smallest absolute Gasteiger partial charge is 0.243 e. The van der Waals surface area contributed by atoms with Crippen LogP contribution in [0.3, 0.4) is 0 Å². The summed E-state index contributed by atoms with van der Waals surface area (Å²) in [5.74, 6) is 1.11. The third kappa shape index (κ3) is 4.26. The molecule has 1 aliphatic heterocycles. The maximum Gasteiger partial charge on any atom is 0.243 e. The van der Waals surface area contributed by atoms with Crippen LogP contribution in [0.2, 0.25) is 0 Å². The van der Waals surface area contributed by atoms with Crippen LogP contribution in [-0.2, 0) is 23.0 Å². The van der Waals surface area contributed by atoms with Crippen LogP contribution in [0, 0.1) is 6.92 Å². The number of nitrogens with zero attached hydrogens (tertiary/aromatic N) is 4. The molecular formula is C17H24N4O3S. The standard InChI is InChI=1S/C17H24N4O3S/c1-3-4-15-5-7-16(8-6-15)25(22,23)21-11-9-20(10-12-21)13-17-19-18-14(2)24-17/h5-8H,3-4,9-13H2,1-2H3. The lowest BCUT2D eigenvalue weighted by atomic mass is 10.1. The van der Waals surface area contributed by atoms with Crippen LogP contribution < -0.4 is 0 Å². The van der Waals surface area contributed by atoms with Gasteiger partial charge in [0.15, 0.2) is 0 Å². The van der Waals surface area contributed by atoms with Crippen molar-refractivity contribution >= 4 is 10.0 Å². The summed E-state index contributed by atoms with van der Waals surface area (Å²) in [7, 11) is -3.43. The number of piperazine rings is 1. The molecule has 1 aliphatic rings. The zero-order chi connectivity index (χ0) is 17.9. The molecule has 3 rings (SSSR count). The van der Waals surface area contributed by atoms with Crippen molar-refractivity contribution in [2.75, 3.05) is 26.2 Å². The Hall–Kier alpha value is -1.77. The molecule has 2 aromatic rings. The Morgan fingerprint density at radius 2 is 1.76 bits per heavy atom. The van der Waals surface area contributed by atoms with Gasteiger partial charge in [0, 0.05) is 33.1 Å². The molecule has 0 atom stereocenters. The van der Waals surface area contributed by atoms with E-state index in [1.165, 1.54) is 5.56 Å². The van der Waals surface area contributed by atoms with Gasteiger partial charge in [-0.25, -0.2) is 8.42 Å². The van der Waals surface area contributed by atoms with Crippen LogP contribution in [0.1, 0.15) is 30.7 Å². The fourth-order valence-corrected chi connectivity index (χ4v) is 4.41. The summed E-state index contributed by atoms with van der Waals surface area (Å²) >= 11 is 0. The maximum atomic E-state index is 12.8. The zero-order valence-corrected chi connectivity index (χ0v) is 15.5. The summed E-state index contributed by atoms with van der Waals surface area (Å²) < 4.78 is 32.5. The number of benzene rings is 1. The monoisotopic (exact) mass is 364 g/mol. The van der Waals surface area contributed by atoms with Gasteiger partial charge < -0.3 is 4.42 Å². The Balaban J connectivity index is 1.60. The number of sulfonamides is 1. The highest BCUT2D eigenvalue weighted by molar-refractivity contribution is 7.89. The minimum atomic E-state index is -3.43. The second-order valence-corrected chi connectivity index (χ2v) is 8.23. The number of hydrogen-bond donors (Lipinski definition) is 0. The molecule has 0 unspecified atom stereocenters. The first-order chi connectivity index (χ1) is 12.0. The highest BCUT2D eigenvalue weighted by atomic mass is 32.2. The molecule has 0 bridgehead atoms. The Kier molecular flexibility index (Phi) is 5.51. The lowest BCUT2D eigenvalue weighted by Gasteiger charge is -2.33. The van der Waals surface area contributed by atoms with Gasteiger partial charge >= 0.3 is 0 Å². The Morgan fingerprint density at radius 3 is 2.32 bits per heavy atom. The van der Waals surface area contributed by atoms with Gasteiger partial charge in [-0.1, -0.05) is 25.5 Å². The fraction of sp³-hybridized carbons (Fsp3) is 0.529. The van der Waals surface area contributed by atoms with E-state index in [2.05, 4.69) is 22.0 Å². The lowest BCUT2D eigenvalue weighted by Crippen LogP contribution is -2.48. The predicted octanol–water partition coefficient (Wildman–Crippen LogP) is 1.84. The summed E-state index contributed by atoms with van der Waals surface area (Å²) in [5, 5.41) is 7.80. The third-order valence-corrected chi connectivity index (χ3v) is 6.27. The summed E-state index contributed by atoms with van der Waals surface area (Å²) in [6.07, 6.45) is 2.02. The van der Waals surface area contributed by atoms with Crippen LogP contribution in [0.15, 0.2) is 33.6 Å². The van der Waals surface area contributed by atoms with Crippen LogP contribution in [-0.4, -0.2) is 54.0 Å². The molecule has 0 amide bonds. The fourth-order valence-electron chi connectivity index (χ4n) is 2.99. The third-order valence-electron chi connectivity index (χ3n) is 4.36. The van der Waals surface area contributed by atoms with E-state index in [9.17, 15) is 8.42 Å². The van der Waals surface area contributed by atoms with Gasteiger partial charge in [0.05, 0.1) is 11.4 Å². The van der Waals surface area contributed by atoms with Crippen LogP contribution in [0.5, 0.6) is 0 Å². The van der Waals surface area contributed by atoms with E-state index in [1.807, 2.05) is 12.1 Å². The summed E-state index contributed by atoms with van der Waals surface area (Å²) in [4.78, 5) is 2.50. The first kappa shape index (κ1) is 18.0. The van der Waals surface area contributed by atoms with Crippen LogP contribution in [0.25, 0.3) is 0 Å². The molecule has 0 radical (unpaired) electrons. The van der Waals surface area contributed by atoms with Crippen molar-refractivity contribution in [2.24, 2.45) is 0 Å². The Labute approximate surface area is 148 Å². The summed E-state index contributed by atoms with van der Waals surface area (Å²) in [6, 6.07) is 7.25. The zero-order valence-electron chi connectivity index (χ0n) is 14.7. The van der Waals surface area contributed by atoms with Crippen molar-refractivity contribution in [1.82, 2.24) is 19.4 Å². The van der Waals surface area contributed by atoms with E-state index < -0.39 is 10.0 Å². The molecule has 0 aliphatic carbocycles. The number of aryl methyl sites for hydroxylation is 2. The molecular weight excluding hydrogens is 340 g/mol. The van der Waals surface area contributed by atoms with Gasteiger partial charge in [-0.05, 0) is 24.1 Å². The van der Waals surface area contributed by atoms with Gasteiger partial charge in [0.1, 0.15) is 0 Å². The molecule has 0 spiro atoms. The minimum absolute atomic E-state index is 0.369. The Morgan fingerprint density at radius 1 is 1.08 bits per heavy atom. The van der Waals surface area contributed by atoms with Crippen molar-refractivity contribution in [3.8, 4) is 0 Å². The van der Waals surface area contributed by atoms with Gasteiger partial charge in [0.2, 0.25) is 21.8 Å². The van der Waals surface area contributed by atoms with Crippen molar-refractivity contribution in [1.29, 1.82) is 0 Å². The summed E-state index contributed by atoms with van der Waals surface area (Å²) in [6.45, 7) is 6.65. The molecule has 1 aromatic heterocycles. The van der Waals surface area contributed by atoms with Crippen molar-refractivity contribution in [2.45, 2.75) is 38.1 Å². The molecule has 25 heavy (non-hydrogen) atoms. The lowest BCUT2D eigenvalue weighted by molar-refractivity contribution is 0.167. The highest BCUT2D eigenvalue weighted by Crippen LogP contribution is 2.19. The van der Waals surface area contributed by atoms with E-state index in [0.717, 1.165) is 12.8 Å². The molecule has 1 aromatic carbocycles. The van der Waals surface area contributed by atoms with E-state index in [1.54, 1.807) is 23.4 Å². The van der Waals surface area contributed by atoms with E-state index in [0.29, 0.717) is 49.4 Å². The molecule has 1 saturated heterocycles. The van der Waals surface area contributed by atoms with E-state index >= 15 is 0 Å². The highest BCUT2D eigenvalue weighted by Gasteiger charge is 2.28. The van der Waals surface area contributed by atoms with Crippen molar-refractivity contribution < 1.29 is 12.8 Å². The van der Waals surface area contributed by atoms with E-state index in [4.69, 9.17) is 4.42 Å². The van der Waals surface area contributed by atoms with E-state index in [-0.39, 0.29) is 0 Å². The second-order valence-electron chi connectivity index (χ2n) is 6.29. The second kappa shape index (κ2) is 7.63. The molecule has 0 saturated carbocycles. The molecule has 7 nitrogen and oxygen atoms in total. The molecule has 0 N–H and O–H groups in total. The molecule has 1 fully saturated rings. The Bertz CT molecular complexity index is 794. The first-order valence-electron chi connectivity index (χ1n) is 8.59. The van der Waals surface area contributed by atoms with Gasteiger partial charge in [-0.3, -0.25) is 4.90 Å². The largest absolute Gasteiger partial charge is 0.424 e. The first-order valence-corrected chi connectivity index (χ1v) is 10.0. The van der Waals surface area contributed by atoms with Crippen molar-refractivity contribution in [3.63, 3.8) is 0 Å². The quantitative estimate of drug-likeness (QED) is 0.778. The molecule has 136 valence electrons. The minimum Gasteiger partial charge on any atom is -0.424 e. The van der Waals surface area contributed by atoms with Gasteiger partial charge in [0.25, 0.3) is 0 Å². The molecule has 2 heterocycles. The average molecular weight is 364 g/mol. The molecule has 8 heteroatoms. The number of hydrogen-bond acceptors (Lipinski definition) is 6. The van der Waals surface area contributed by atoms with Gasteiger partial charge in [-0.15, -0.1) is 10.2 Å². The van der Waals surface area contributed by atoms with Crippen LogP contribution >= 0.6 is 0 Å². The number of aromatic nitrogens is 2. The predicted molar refractivity (Wildman–Crippen MR) is 93.5 cm³/mol. The van der Waals surface area contributed by atoms with Gasteiger partial charge in [-0.2, -0.15) is 4.31 Å². The average Bonchev–Trinajstić information content (AvgIpc) is 3.01. The maximum absolute atomic E-state index is 12.8. The SMILES string of the molecule is CCCc1ccc(S(=O)(=O)N2CCN(Cc3nnc(C)o3)CC2)cc1. The van der Waals surface area contributed by atoms with Crippen LogP contribution in [0.4, 0.5) is 0 Å². The van der Waals surface area contributed by atoms with Crippen molar-refractivity contribution in [3.05, 3.63) is 41.6 Å². The normalized spacial score (nSPS) is 17.0. The summed E-state index contributed by atoms with van der Waals surface area (Å²) in [5.41, 5.74) is 1.17.